The van der Waals surface area contributed by atoms with Gasteiger partial charge in [0.15, 0.2) is 0 Å². The topological polar surface area (TPSA) is 123 Å². The Balaban J connectivity index is 0.00000474. The molecule has 9 nitrogen and oxygen atoms in total. The smallest absolute Gasteiger partial charge is 0.504 e. The molecule has 2 amide bonds. The number of anilines is 2. The molecule has 0 unspecified atom stereocenters. The van der Waals surface area contributed by atoms with Crippen LogP contribution in [-0.4, -0.2) is 49.6 Å². The molecule has 0 aliphatic rings. The Labute approximate surface area is 310 Å². The van der Waals surface area contributed by atoms with E-state index < -0.39 is 5.91 Å². The van der Waals surface area contributed by atoms with Crippen molar-refractivity contribution in [1.82, 2.24) is 0 Å². The molecular formula is C35H46KN2O7-. The molecule has 240 valence electrons. The van der Waals surface area contributed by atoms with E-state index in [1.807, 2.05) is 54.8 Å². The zero-order valence-corrected chi connectivity index (χ0v) is 31.2. The van der Waals surface area contributed by atoms with Crippen molar-refractivity contribution in [3.8, 4) is 17.2 Å². The van der Waals surface area contributed by atoms with Crippen LogP contribution in [-0.2, 0) is 4.79 Å². The van der Waals surface area contributed by atoms with Gasteiger partial charge in [0.2, 0.25) is 0 Å². The third-order valence-electron chi connectivity index (χ3n) is 5.78. The van der Waals surface area contributed by atoms with Gasteiger partial charge in [-0.1, -0.05) is 53.7 Å². The van der Waals surface area contributed by atoms with Gasteiger partial charge in [0, 0.05) is 11.1 Å². The number of benzene rings is 3. The fourth-order valence-corrected chi connectivity index (χ4v) is 3.65. The minimum atomic E-state index is -0.418. The van der Waals surface area contributed by atoms with Gasteiger partial charge in [-0.3, -0.25) is 9.59 Å². The maximum atomic E-state index is 13.2. The van der Waals surface area contributed by atoms with Gasteiger partial charge in [-0.25, -0.2) is 0 Å². The molecule has 0 saturated carbocycles. The number of aliphatic hydroxyl groups is 1. The maximum Gasteiger partial charge on any atom is 1.00 e. The SMILES string of the molecule is CC.Cc1ccc(C(=O)Nc2ccc(C(=O)Nc3ccc([C-]=O)cc3OCC(C)C)cc2OCC(C)C)cc1OCCO.[CH3-].[K+]. The molecule has 0 radical (unpaired) electrons. The van der Waals surface area contributed by atoms with E-state index in [1.54, 1.807) is 48.5 Å². The van der Waals surface area contributed by atoms with Crippen molar-refractivity contribution in [3.63, 3.8) is 0 Å². The van der Waals surface area contributed by atoms with Gasteiger partial charge < -0.3 is 42.2 Å². The molecule has 3 N–H and O–H groups in total. The summed E-state index contributed by atoms with van der Waals surface area (Å²) < 4.78 is 17.3. The van der Waals surface area contributed by atoms with Crippen LogP contribution < -0.4 is 76.2 Å². The van der Waals surface area contributed by atoms with Gasteiger partial charge in [0.25, 0.3) is 11.8 Å². The number of hydrogen-bond donors (Lipinski definition) is 3. The van der Waals surface area contributed by atoms with Gasteiger partial charge in [-0.15, -0.1) is 11.6 Å². The third kappa shape index (κ3) is 13.7. The van der Waals surface area contributed by atoms with Crippen molar-refractivity contribution in [3.05, 3.63) is 84.3 Å². The van der Waals surface area contributed by atoms with Crippen molar-refractivity contribution in [2.75, 3.05) is 37.1 Å². The van der Waals surface area contributed by atoms with E-state index in [-0.39, 0.29) is 89.8 Å². The normalized spacial score (nSPS) is 10.0. The number of carbonyl (C=O) groups excluding carboxylic acids is 3. The summed E-state index contributed by atoms with van der Waals surface area (Å²) in [6, 6.07) is 14.5. The standard InChI is InChI=1S/C32H37N2O7.C2H6.CH3.K/c1-20(2)18-40-29-14-23(17-36)7-10-26(29)33-32(38)25-9-11-27(30(16-25)41-19-21(3)4)34-31(37)24-8-6-22(5)28(15-24)39-13-12-35;1-2;;/h6-11,14-16,20-21,35H,12-13,18-19H2,1-5H3,(H,33,38)(H,34,37);1-2H3;1H3;/q-1;;-1;+1. The molecular weight excluding hydrogens is 599 g/mol. The number of aryl methyl sites for hydroxylation is 1. The molecule has 3 rings (SSSR count). The average Bonchev–Trinajstić information content (AvgIpc) is 3.00. The number of rotatable bonds is 14. The van der Waals surface area contributed by atoms with Gasteiger partial charge in [-0.05, 0) is 54.7 Å². The second-order valence-corrected chi connectivity index (χ2v) is 10.4. The summed E-state index contributed by atoms with van der Waals surface area (Å²) in [5.74, 6) is 0.854. The number of carbonyl (C=O) groups is 2. The predicted molar refractivity (Wildman–Crippen MR) is 176 cm³/mol. The van der Waals surface area contributed by atoms with Crippen LogP contribution in [0.4, 0.5) is 11.4 Å². The van der Waals surface area contributed by atoms with Crippen LogP contribution >= 0.6 is 0 Å². The van der Waals surface area contributed by atoms with Crippen LogP contribution in [0.15, 0.2) is 54.6 Å². The second kappa shape index (κ2) is 21.9. The van der Waals surface area contributed by atoms with Crippen LogP contribution in [0.25, 0.3) is 0 Å². The summed E-state index contributed by atoms with van der Waals surface area (Å²) in [6.45, 7) is 14.6. The monoisotopic (exact) mass is 645 g/mol. The molecule has 45 heavy (non-hydrogen) atoms. The molecule has 0 spiro atoms. The molecule has 3 aromatic carbocycles. The first kappa shape index (κ1) is 42.3. The predicted octanol–water partition coefficient (Wildman–Crippen LogP) is 3.88. The number of aliphatic hydroxyl groups excluding tert-OH is 1. The van der Waals surface area contributed by atoms with Crippen molar-refractivity contribution >= 4 is 29.5 Å². The molecule has 0 aliphatic heterocycles. The summed E-state index contributed by atoms with van der Waals surface area (Å²) in [4.78, 5) is 37.5. The van der Waals surface area contributed by atoms with E-state index in [4.69, 9.17) is 19.3 Å². The van der Waals surface area contributed by atoms with Gasteiger partial charge in [-0.2, -0.15) is 6.07 Å². The molecule has 10 heteroatoms. The molecule has 3 aromatic rings. The average molecular weight is 646 g/mol. The first-order valence-electron chi connectivity index (χ1n) is 14.5. The fraction of sp³-hybridized carbons (Fsp3) is 0.371. The zero-order chi connectivity index (χ0) is 31.9. The van der Waals surface area contributed by atoms with Crippen molar-refractivity contribution in [2.45, 2.75) is 48.5 Å². The van der Waals surface area contributed by atoms with Crippen LogP contribution in [0.1, 0.15) is 73.4 Å². The molecule has 0 atom stereocenters. The number of ether oxygens (including phenoxy) is 3. The first-order chi connectivity index (χ1) is 20.6. The molecule has 0 bridgehead atoms. The summed E-state index contributed by atoms with van der Waals surface area (Å²) in [5, 5.41) is 14.8. The number of hydrogen-bond acceptors (Lipinski definition) is 7. The number of amides is 2. The molecule has 0 aliphatic carbocycles. The molecule has 0 aromatic heterocycles. The summed E-state index contributed by atoms with van der Waals surface area (Å²) in [7, 11) is 0. The molecule has 0 fully saturated rings. The van der Waals surface area contributed by atoms with Crippen LogP contribution in [0.3, 0.4) is 0 Å². The van der Waals surface area contributed by atoms with E-state index in [9.17, 15) is 14.4 Å². The Morgan fingerprint density at radius 2 is 1.22 bits per heavy atom. The van der Waals surface area contributed by atoms with Gasteiger partial charge in [0.1, 0.15) is 18.1 Å². The minimum absolute atomic E-state index is 0. The van der Waals surface area contributed by atoms with Crippen molar-refractivity contribution in [2.24, 2.45) is 11.8 Å². The number of nitrogens with one attached hydrogen (secondary N) is 2. The van der Waals surface area contributed by atoms with Crippen LogP contribution in [0, 0.1) is 26.2 Å². The van der Waals surface area contributed by atoms with E-state index in [0.717, 1.165) is 5.56 Å². The molecule has 0 heterocycles. The second-order valence-electron chi connectivity index (χ2n) is 10.4. The summed E-state index contributed by atoms with van der Waals surface area (Å²) in [6.07, 6.45) is 1.84. The van der Waals surface area contributed by atoms with Crippen molar-refractivity contribution < 1.29 is 85.1 Å². The van der Waals surface area contributed by atoms with E-state index >= 15 is 0 Å². The van der Waals surface area contributed by atoms with E-state index in [1.165, 1.54) is 6.07 Å². The van der Waals surface area contributed by atoms with Crippen LogP contribution in [0.5, 0.6) is 17.2 Å². The Hall–Kier alpha value is -2.73. The maximum absolute atomic E-state index is 13.2. The minimum Gasteiger partial charge on any atom is -0.504 e. The van der Waals surface area contributed by atoms with E-state index in [0.29, 0.717) is 58.5 Å². The van der Waals surface area contributed by atoms with E-state index in [2.05, 4.69) is 10.6 Å². The molecule has 0 saturated heterocycles. The zero-order valence-electron chi connectivity index (χ0n) is 28.1. The third-order valence-corrected chi connectivity index (χ3v) is 5.78. The van der Waals surface area contributed by atoms with Gasteiger partial charge >= 0.3 is 51.4 Å². The summed E-state index contributed by atoms with van der Waals surface area (Å²) >= 11 is 0. The Morgan fingerprint density at radius 1 is 0.756 bits per heavy atom. The Morgan fingerprint density at radius 3 is 1.71 bits per heavy atom. The largest absolute Gasteiger partial charge is 1.00 e. The fourth-order valence-electron chi connectivity index (χ4n) is 3.65. The Bertz CT molecular complexity index is 1380. The quantitative estimate of drug-likeness (QED) is 0.180. The van der Waals surface area contributed by atoms with Crippen LogP contribution in [0.2, 0.25) is 0 Å². The Kier molecular flexibility index (Phi) is 20.6. The van der Waals surface area contributed by atoms with Gasteiger partial charge in [0.05, 0.1) is 43.2 Å². The van der Waals surface area contributed by atoms with Crippen molar-refractivity contribution in [1.29, 1.82) is 0 Å². The summed E-state index contributed by atoms with van der Waals surface area (Å²) in [5.41, 5.74) is 2.63. The first-order valence-corrected chi connectivity index (χ1v) is 14.5.